The smallest absolute Gasteiger partial charge is 0.205 e. The fraction of sp³-hybridized carbons (Fsp3) is 0.667. The molecule has 5 nitrogen and oxygen atoms in total. The first-order valence-electron chi connectivity index (χ1n) is 8.34. The topological polar surface area (TPSA) is 71.0 Å². The second kappa shape index (κ2) is 7.62. The van der Waals surface area contributed by atoms with Gasteiger partial charge in [0.05, 0.1) is 19.3 Å². The fourth-order valence-electron chi connectivity index (χ4n) is 2.68. The number of fused-ring (bicyclic) bond motifs is 1. The molecule has 130 valence electrons. The highest BCUT2D eigenvalue weighted by Gasteiger charge is 2.27. The van der Waals surface area contributed by atoms with Gasteiger partial charge < -0.3 is 25.0 Å². The Hall–Kier alpha value is -1.14. The average molecular weight is 323 g/mol. The quantitative estimate of drug-likeness (QED) is 0.718. The SMILES string of the molecule is CCC(C)C(CO)NCC(O)c1ccc2c(c1)COC(C)(C)O2. The molecule has 2 rings (SSSR count). The predicted molar refractivity (Wildman–Crippen MR) is 89.2 cm³/mol. The largest absolute Gasteiger partial charge is 0.463 e. The summed E-state index contributed by atoms with van der Waals surface area (Å²) in [4.78, 5) is 0. The first kappa shape index (κ1) is 18.2. The summed E-state index contributed by atoms with van der Waals surface area (Å²) < 4.78 is 11.4. The van der Waals surface area contributed by atoms with Gasteiger partial charge in [-0.25, -0.2) is 0 Å². The van der Waals surface area contributed by atoms with E-state index < -0.39 is 11.9 Å². The molecule has 0 radical (unpaired) electrons. The van der Waals surface area contributed by atoms with Gasteiger partial charge in [-0.2, -0.15) is 0 Å². The summed E-state index contributed by atoms with van der Waals surface area (Å²) in [5.41, 5.74) is 1.77. The maximum Gasteiger partial charge on any atom is 0.205 e. The summed E-state index contributed by atoms with van der Waals surface area (Å²) in [6.07, 6.45) is 0.353. The standard InChI is InChI=1S/C18H29NO4/c1-5-12(2)15(10-20)19-9-16(21)13-6-7-17-14(8-13)11-22-18(3,4)23-17/h6-8,12,15-16,19-21H,5,9-11H2,1-4H3. The Labute approximate surface area is 138 Å². The van der Waals surface area contributed by atoms with Crippen molar-refractivity contribution in [3.63, 3.8) is 0 Å². The van der Waals surface area contributed by atoms with Gasteiger partial charge in [-0.05, 0) is 23.6 Å². The van der Waals surface area contributed by atoms with E-state index in [1.54, 1.807) is 0 Å². The number of ether oxygens (including phenoxy) is 2. The Kier molecular flexibility index (Phi) is 6.03. The minimum Gasteiger partial charge on any atom is -0.463 e. The van der Waals surface area contributed by atoms with Crippen LogP contribution in [-0.4, -0.2) is 35.2 Å². The zero-order valence-electron chi connectivity index (χ0n) is 14.5. The first-order chi connectivity index (χ1) is 10.9. The van der Waals surface area contributed by atoms with E-state index in [-0.39, 0.29) is 12.6 Å². The zero-order valence-corrected chi connectivity index (χ0v) is 14.5. The third kappa shape index (κ3) is 4.67. The minimum absolute atomic E-state index is 0.000238. The molecule has 1 aromatic rings. The number of hydrogen-bond donors (Lipinski definition) is 3. The van der Waals surface area contributed by atoms with E-state index >= 15 is 0 Å². The van der Waals surface area contributed by atoms with Crippen LogP contribution in [0, 0.1) is 5.92 Å². The van der Waals surface area contributed by atoms with Gasteiger partial charge in [0.25, 0.3) is 0 Å². The molecule has 0 spiro atoms. The van der Waals surface area contributed by atoms with Crippen LogP contribution in [0.2, 0.25) is 0 Å². The summed E-state index contributed by atoms with van der Waals surface area (Å²) in [6.45, 7) is 8.90. The molecule has 3 unspecified atom stereocenters. The van der Waals surface area contributed by atoms with Crippen LogP contribution < -0.4 is 10.1 Å². The second-order valence-electron chi connectivity index (χ2n) is 6.76. The van der Waals surface area contributed by atoms with Crippen molar-refractivity contribution in [3.05, 3.63) is 29.3 Å². The van der Waals surface area contributed by atoms with E-state index in [0.29, 0.717) is 19.1 Å². The molecule has 23 heavy (non-hydrogen) atoms. The molecule has 0 saturated carbocycles. The maximum atomic E-state index is 10.4. The fourth-order valence-corrected chi connectivity index (χ4v) is 2.68. The molecule has 0 amide bonds. The van der Waals surface area contributed by atoms with E-state index in [0.717, 1.165) is 23.3 Å². The van der Waals surface area contributed by atoms with Crippen molar-refractivity contribution in [2.75, 3.05) is 13.2 Å². The summed E-state index contributed by atoms with van der Waals surface area (Å²) in [6, 6.07) is 5.69. The van der Waals surface area contributed by atoms with Gasteiger partial charge in [-0.15, -0.1) is 0 Å². The number of aliphatic hydroxyl groups is 2. The second-order valence-corrected chi connectivity index (χ2v) is 6.76. The minimum atomic E-state index is -0.631. The lowest BCUT2D eigenvalue weighted by Crippen LogP contribution is -2.40. The molecule has 0 saturated heterocycles. The average Bonchev–Trinajstić information content (AvgIpc) is 2.53. The molecule has 1 aliphatic rings. The number of nitrogens with one attached hydrogen (secondary N) is 1. The first-order valence-corrected chi connectivity index (χ1v) is 8.34. The van der Waals surface area contributed by atoms with E-state index in [2.05, 4.69) is 19.2 Å². The van der Waals surface area contributed by atoms with Crippen LogP contribution >= 0.6 is 0 Å². The van der Waals surface area contributed by atoms with Crippen molar-refractivity contribution in [1.82, 2.24) is 5.32 Å². The highest BCUT2D eigenvalue weighted by Crippen LogP contribution is 2.32. The summed E-state index contributed by atoms with van der Waals surface area (Å²) in [5.74, 6) is 0.553. The number of rotatable bonds is 7. The van der Waals surface area contributed by atoms with Gasteiger partial charge >= 0.3 is 0 Å². The molecule has 0 aromatic heterocycles. The lowest BCUT2D eigenvalue weighted by atomic mass is 9.99. The van der Waals surface area contributed by atoms with Crippen LogP contribution in [0.5, 0.6) is 5.75 Å². The monoisotopic (exact) mass is 323 g/mol. The van der Waals surface area contributed by atoms with E-state index in [1.807, 2.05) is 32.0 Å². The van der Waals surface area contributed by atoms with Crippen LogP contribution in [0.25, 0.3) is 0 Å². The van der Waals surface area contributed by atoms with E-state index in [4.69, 9.17) is 9.47 Å². The molecule has 3 N–H and O–H groups in total. The summed E-state index contributed by atoms with van der Waals surface area (Å²) in [5, 5.41) is 23.1. The van der Waals surface area contributed by atoms with Crippen molar-refractivity contribution in [3.8, 4) is 5.75 Å². The Bertz CT molecular complexity index is 518. The van der Waals surface area contributed by atoms with Crippen LogP contribution in [0.1, 0.15) is 51.3 Å². The Morgan fingerprint density at radius 1 is 1.35 bits per heavy atom. The molecule has 0 fully saturated rings. The van der Waals surface area contributed by atoms with Crippen molar-refractivity contribution < 1.29 is 19.7 Å². The predicted octanol–water partition coefficient (Wildman–Crippen LogP) is 2.36. The number of benzene rings is 1. The van der Waals surface area contributed by atoms with Gasteiger partial charge in [0.15, 0.2) is 0 Å². The van der Waals surface area contributed by atoms with Crippen molar-refractivity contribution in [1.29, 1.82) is 0 Å². The van der Waals surface area contributed by atoms with E-state index in [9.17, 15) is 10.2 Å². The molecule has 0 bridgehead atoms. The normalized spacial score (nSPS) is 20.3. The molecular weight excluding hydrogens is 294 g/mol. The molecule has 3 atom stereocenters. The van der Waals surface area contributed by atoms with Crippen molar-refractivity contribution >= 4 is 0 Å². The molecule has 0 aliphatic carbocycles. The Morgan fingerprint density at radius 3 is 2.74 bits per heavy atom. The Morgan fingerprint density at radius 2 is 2.09 bits per heavy atom. The molecular formula is C18H29NO4. The number of aliphatic hydroxyl groups excluding tert-OH is 2. The maximum absolute atomic E-state index is 10.4. The zero-order chi connectivity index (χ0) is 17.0. The van der Waals surface area contributed by atoms with Gasteiger partial charge in [0, 0.05) is 32.0 Å². The van der Waals surface area contributed by atoms with Crippen molar-refractivity contribution in [2.45, 2.75) is 58.7 Å². The van der Waals surface area contributed by atoms with E-state index in [1.165, 1.54) is 0 Å². The Balaban J connectivity index is 1.99. The molecule has 1 aromatic carbocycles. The van der Waals surface area contributed by atoms with Gasteiger partial charge in [0.1, 0.15) is 5.75 Å². The van der Waals surface area contributed by atoms with Crippen LogP contribution in [-0.2, 0) is 11.3 Å². The van der Waals surface area contributed by atoms with Gasteiger partial charge in [-0.1, -0.05) is 26.3 Å². The lowest BCUT2D eigenvalue weighted by Gasteiger charge is -2.33. The third-order valence-corrected chi connectivity index (χ3v) is 4.50. The molecule has 5 heteroatoms. The van der Waals surface area contributed by atoms with Crippen LogP contribution in [0.4, 0.5) is 0 Å². The molecule has 1 aliphatic heterocycles. The number of hydrogen-bond acceptors (Lipinski definition) is 5. The summed E-state index contributed by atoms with van der Waals surface area (Å²) >= 11 is 0. The van der Waals surface area contributed by atoms with Crippen LogP contribution in [0.15, 0.2) is 18.2 Å². The highest BCUT2D eigenvalue weighted by atomic mass is 16.7. The lowest BCUT2D eigenvalue weighted by molar-refractivity contribution is -0.180. The molecule has 1 heterocycles. The third-order valence-electron chi connectivity index (χ3n) is 4.50. The summed E-state index contributed by atoms with van der Waals surface area (Å²) in [7, 11) is 0. The van der Waals surface area contributed by atoms with Crippen molar-refractivity contribution in [2.24, 2.45) is 5.92 Å². The van der Waals surface area contributed by atoms with Crippen LogP contribution in [0.3, 0.4) is 0 Å². The highest BCUT2D eigenvalue weighted by molar-refractivity contribution is 5.39. The van der Waals surface area contributed by atoms with Gasteiger partial charge in [0.2, 0.25) is 5.79 Å². The van der Waals surface area contributed by atoms with Gasteiger partial charge in [-0.3, -0.25) is 0 Å².